The molecule has 0 atom stereocenters. The van der Waals surface area contributed by atoms with Gasteiger partial charge in [-0.05, 0) is 30.3 Å². The molecule has 0 amide bonds. The van der Waals surface area contributed by atoms with Crippen molar-refractivity contribution in [3.8, 4) is 34.5 Å². The summed E-state index contributed by atoms with van der Waals surface area (Å²) in [6.07, 6.45) is 0. The Hall–Kier alpha value is -3.13. The number of halogens is 1. The highest BCUT2D eigenvalue weighted by Crippen LogP contribution is 2.41. The number of benzene rings is 2. The standard InChI is InChI=1S/C17H16ClN3O5/c1-23-13-6-9(7-14(24-2)15(13)25-3)16-20-21-17(26-16)19-11-8-10(18)4-5-12(11)22/h4-8,22H,1-3H3,(H,19,21). The molecule has 0 saturated heterocycles. The second-order valence-corrected chi connectivity index (χ2v) is 5.55. The lowest BCUT2D eigenvalue weighted by atomic mass is 10.2. The minimum absolute atomic E-state index is 0.00179. The van der Waals surface area contributed by atoms with E-state index >= 15 is 0 Å². The number of ether oxygens (including phenoxy) is 3. The molecule has 2 N–H and O–H groups in total. The highest BCUT2D eigenvalue weighted by molar-refractivity contribution is 6.30. The van der Waals surface area contributed by atoms with Crippen LogP contribution >= 0.6 is 11.6 Å². The van der Waals surface area contributed by atoms with Crippen LogP contribution in [-0.2, 0) is 0 Å². The maximum absolute atomic E-state index is 9.86. The zero-order valence-corrected chi connectivity index (χ0v) is 15.0. The molecule has 8 nitrogen and oxygen atoms in total. The SMILES string of the molecule is COc1cc(-c2nnc(Nc3cc(Cl)ccc3O)o2)cc(OC)c1OC. The number of anilines is 2. The van der Waals surface area contributed by atoms with E-state index < -0.39 is 0 Å². The molecule has 9 heteroatoms. The fourth-order valence-electron chi connectivity index (χ4n) is 2.32. The van der Waals surface area contributed by atoms with Gasteiger partial charge in [0.15, 0.2) is 11.5 Å². The van der Waals surface area contributed by atoms with Crippen LogP contribution < -0.4 is 19.5 Å². The Bertz CT molecular complexity index is 904. The number of nitrogens with zero attached hydrogens (tertiary/aromatic N) is 2. The molecule has 2 aromatic carbocycles. The van der Waals surface area contributed by atoms with Crippen molar-refractivity contribution in [1.82, 2.24) is 10.2 Å². The lowest BCUT2D eigenvalue weighted by Gasteiger charge is -2.12. The van der Waals surface area contributed by atoms with Gasteiger partial charge in [0.2, 0.25) is 11.6 Å². The Balaban J connectivity index is 1.93. The topological polar surface area (TPSA) is 98.9 Å². The fourth-order valence-corrected chi connectivity index (χ4v) is 2.49. The van der Waals surface area contributed by atoms with Gasteiger partial charge in [-0.15, -0.1) is 5.10 Å². The van der Waals surface area contributed by atoms with Gasteiger partial charge in [-0.3, -0.25) is 0 Å². The first-order valence-corrected chi connectivity index (χ1v) is 7.83. The Morgan fingerprint density at radius 2 is 1.69 bits per heavy atom. The monoisotopic (exact) mass is 377 g/mol. The van der Waals surface area contributed by atoms with E-state index in [-0.39, 0.29) is 17.7 Å². The van der Waals surface area contributed by atoms with Crippen LogP contribution in [0.2, 0.25) is 5.02 Å². The summed E-state index contributed by atoms with van der Waals surface area (Å²) < 4.78 is 21.5. The minimum Gasteiger partial charge on any atom is -0.506 e. The third-order valence-corrected chi connectivity index (χ3v) is 3.77. The Kier molecular flexibility index (Phi) is 5.04. The van der Waals surface area contributed by atoms with Crippen LogP contribution in [0, 0.1) is 0 Å². The van der Waals surface area contributed by atoms with Crippen molar-refractivity contribution in [2.75, 3.05) is 26.6 Å². The van der Waals surface area contributed by atoms with Gasteiger partial charge in [0.05, 0.1) is 27.0 Å². The molecule has 0 saturated carbocycles. The molecule has 26 heavy (non-hydrogen) atoms. The van der Waals surface area contributed by atoms with E-state index in [2.05, 4.69) is 15.5 Å². The number of phenolic OH excluding ortho intramolecular Hbond substituents is 1. The number of hydrogen-bond donors (Lipinski definition) is 2. The van der Waals surface area contributed by atoms with E-state index in [0.717, 1.165) is 0 Å². The predicted octanol–water partition coefficient (Wildman–Crippen LogP) is 3.87. The smallest absolute Gasteiger partial charge is 0.320 e. The van der Waals surface area contributed by atoms with Crippen LogP contribution in [0.4, 0.5) is 11.7 Å². The van der Waals surface area contributed by atoms with Crippen LogP contribution in [0.15, 0.2) is 34.7 Å². The van der Waals surface area contributed by atoms with Gasteiger partial charge in [0, 0.05) is 10.6 Å². The van der Waals surface area contributed by atoms with Gasteiger partial charge in [-0.1, -0.05) is 16.7 Å². The summed E-state index contributed by atoms with van der Waals surface area (Å²) in [6.45, 7) is 0. The molecule has 1 aromatic heterocycles. The number of phenols is 1. The van der Waals surface area contributed by atoms with Crippen LogP contribution in [0.3, 0.4) is 0 Å². The molecule has 136 valence electrons. The average molecular weight is 378 g/mol. The Morgan fingerprint density at radius 3 is 2.31 bits per heavy atom. The summed E-state index contributed by atoms with van der Waals surface area (Å²) >= 11 is 5.92. The number of nitrogens with one attached hydrogen (secondary N) is 1. The normalized spacial score (nSPS) is 10.5. The van der Waals surface area contributed by atoms with Gasteiger partial charge >= 0.3 is 6.01 Å². The lowest BCUT2D eigenvalue weighted by Crippen LogP contribution is -1.95. The van der Waals surface area contributed by atoms with Crippen molar-refractivity contribution in [1.29, 1.82) is 0 Å². The molecule has 0 radical (unpaired) electrons. The first-order valence-electron chi connectivity index (χ1n) is 7.45. The van der Waals surface area contributed by atoms with Gasteiger partial charge in [0.25, 0.3) is 0 Å². The van der Waals surface area contributed by atoms with E-state index in [1.54, 1.807) is 24.3 Å². The molecule has 0 bridgehead atoms. The molecule has 0 fully saturated rings. The maximum atomic E-state index is 9.86. The van der Waals surface area contributed by atoms with E-state index in [0.29, 0.717) is 33.5 Å². The highest BCUT2D eigenvalue weighted by atomic mass is 35.5. The fraction of sp³-hybridized carbons (Fsp3) is 0.176. The molecule has 0 aliphatic carbocycles. The van der Waals surface area contributed by atoms with Crippen molar-refractivity contribution in [3.05, 3.63) is 35.4 Å². The van der Waals surface area contributed by atoms with E-state index in [9.17, 15) is 5.11 Å². The first-order chi connectivity index (χ1) is 12.5. The lowest BCUT2D eigenvalue weighted by molar-refractivity contribution is 0.324. The summed E-state index contributed by atoms with van der Waals surface area (Å²) in [6, 6.07) is 8.04. The molecule has 3 rings (SSSR count). The molecular formula is C17H16ClN3O5. The number of aromatic hydroxyl groups is 1. The minimum atomic E-state index is 0.00179. The molecule has 3 aromatic rings. The number of methoxy groups -OCH3 is 3. The molecule has 0 aliphatic heterocycles. The van der Waals surface area contributed by atoms with E-state index in [1.807, 2.05) is 0 Å². The largest absolute Gasteiger partial charge is 0.506 e. The summed E-state index contributed by atoms with van der Waals surface area (Å²) in [7, 11) is 4.56. The number of aromatic nitrogens is 2. The van der Waals surface area contributed by atoms with Gasteiger partial charge < -0.3 is 29.1 Å². The van der Waals surface area contributed by atoms with Gasteiger partial charge in [-0.2, -0.15) is 0 Å². The third kappa shape index (κ3) is 3.45. The summed E-state index contributed by atoms with van der Waals surface area (Å²) in [5, 5.41) is 21.0. The second kappa shape index (κ2) is 7.40. The summed E-state index contributed by atoms with van der Waals surface area (Å²) in [5.41, 5.74) is 0.924. The van der Waals surface area contributed by atoms with Gasteiger partial charge in [0.1, 0.15) is 5.75 Å². The van der Waals surface area contributed by atoms with E-state index in [1.165, 1.54) is 27.4 Å². The molecule has 1 heterocycles. The van der Waals surface area contributed by atoms with Crippen LogP contribution in [-0.4, -0.2) is 36.6 Å². The molecule has 0 spiro atoms. The molecular weight excluding hydrogens is 362 g/mol. The maximum Gasteiger partial charge on any atom is 0.320 e. The Morgan fingerprint density at radius 1 is 1.00 bits per heavy atom. The van der Waals surface area contributed by atoms with Gasteiger partial charge in [-0.25, -0.2) is 0 Å². The Labute approximate surface area is 154 Å². The van der Waals surface area contributed by atoms with E-state index in [4.69, 9.17) is 30.2 Å². The first kappa shape index (κ1) is 17.7. The average Bonchev–Trinajstić information content (AvgIpc) is 3.12. The highest BCUT2D eigenvalue weighted by Gasteiger charge is 2.18. The van der Waals surface area contributed by atoms with Crippen molar-refractivity contribution >= 4 is 23.3 Å². The zero-order valence-electron chi connectivity index (χ0n) is 14.2. The predicted molar refractivity (Wildman–Crippen MR) is 95.8 cm³/mol. The van der Waals surface area contributed by atoms with Crippen molar-refractivity contribution in [3.63, 3.8) is 0 Å². The molecule has 0 unspecified atom stereocenters. The van der Waals surface area contributed by atoms with Crippen LogP contribution in [0.1, 0.15) is 0 Å². The van der Waals surface area contributed by atoms with Crippen molar-refractivity contribution < 1.29 is 23.7 Å². The summed E-state index contributed by atoms with van der Waals surface area (Å²) in [5.74, 6) is 1.61. The second-order valence-electron chi connectivity index (χ2n) is 5.11. The summed E-state index contributed by atoms with van der Waals surface area (Å²) in [4.78, 5) is 0. The molecule has 0 aliphatic rings. The number of hydrogen-bond acceptors (Lipinski definition) is 8. The quantitative estimate of drug-likeness (QED) is 0.625. The van der Waals surface area contributed by atoms with Crippen molar-refractivity contribution in [2.24, 2.45) is 0 Å². The van der Waals surface area contributed by atoms with Crippen LogP contribution in [0.5, 0.6) is 23.0 Å². The number of rotatable bonds is 6. The zero-order chi connectivity index (χ0) is 18.7. The van der Waals surface area contributed by atoms with Crippen LogP contribution in [0.25, 0.3) is 11.5 Å². The van der Waals surface area contributed by atoms with Crippen molar-refractivity contribution in [2.45, 2.75) is 0 Å². The third-order valence-electron chi connectivity index (χ3n) is 3.54.